The quantitative estimate of drug-likeness (QED) is 0.174. The van der Waals surface area contributed by atoms with Gasteiger partial charge in [-0.1, -0.05) is 72.8 Å². The van der Waals surface area contributed by atoms with Gasteiger partial charge in [0.15, 0.2) is 0 Å². The second-order valence-electron chi connectivity index (χ2n) is 7.43. The first-order chi connectivity index (χ1) is 15.8. The van der Waals surface area contributed by atoms with Crippen LogP contribution in [0.15, 0.2) is 146 Å². The Morgan fingerprint density at radius 2 is 0.882 bits per heavy atom. The fourth-order valence-corrected chi connectivity index (χ4v) is 3.63. The molecule has 0 nitrogen and oxygen atoms in total. The molecular formula is C33H28Ti. The van der Waals surface area contributed by atoms with E-state index in [-0.39, 0.29) is 29.1 Å². The molecule has 0 aliphatic rings. The number of hydrogen-bond acceptors (Lipinski definition) is 0. The van der Waals surface area contributed by atoms with Crippen molar-refractivity contribution in [1.82, 2.24) is 0 Å². The summed E-state index contributed by atoms with van der Waals surface area (Å²) < 4.78 is 0. The fourth-order valence-electron chi connectivity index (χ4n) is 3.63. The molecule has 0 amide bonds. The normalized spacial score (nSPS) is 9.41. The first-order valence-corrected chi connectivity index (χ1v) is 10.8. The summed E-state index contributed by atoms with van der Waals surface area (Å²) in [6.45, 7) is 6.03. The summed E-state index contributed by atoms with van der Waals surface area (Å²) in [6.07, 6.45) is 0. The van der Waals surface area contributed by atoms with E-state index in [1.54, 1.807) is 0 Å². The Kier molecular flexibility index (Phi) is 11.0. The van der Waals surface area contributed by atoms with Gasteiger partial charge in [0.05, 0.1) is 0 Å². The van der Waals surface area contributed by atoms with Crippen molar-refractivity contribution in [2.75, 3.05) is 0 Å². The van der Waals surface area contributed by atoms with Gasteiger partial charge in [0, 0.05) is 0 Å². The van der Waals surface area contributed by atoms with Crippen molar-refractivity contribution in [3.05, 3.63) is 171 Å². The first-order valence-electron chi connectivity index (χ1n) is 10.8. The topological polar surface area (TPSA) is 0 Å². The fraction of sp³-hybridized carbons (Fsp3) is 0. The van der Waals surface area contributed by atoms with Gasteiger partial charge in [-0.3, -0.25) is 0 Å². The van der Waals surface area contributed by atoms with Gasteiger partial charge in [0.1, 0.15) is 0 Å². The van der Waals surface area contributed by atoms with Crippen LogP contribution in [0.3, 0.4) is 0 Å². The third-order valence-corrected chi connectivity index (χ3v) is 5.25. The maximum atomic E-state index is 6.03. The Bertz CT molecular complexity index is 1250. The zero-order valence-corrected chi connectivity index (χ0v) is 21.0. The Morgan fingerprint density at radius 3 is 1.26 bits per heavy atom. The predicted molar refractivity (Wildman–Crippen MR) is 145 cm³/mol. The van der Waals surface area contributed by atoms with Crippen molar-refractivity contribution in [3.63, 3.8) is 0 Å². The maximum absolute atomic E-state index is 6.03. The number of fused-ring (bicyclic) bond motifs is 3. The molecule has 0 atom stereocenters. The minimum atomic E-state index is 0. The monoisotopic (exact) mass is 472 g/mol. The predicted octanol–water partition coefficient (Wildman–Crippen LogP) is 9.12. The second kappa shape index (κ2) is 14.0. The maximum Gasteiger partial charge on any atom is 4.00 e. The van der Waals surface area contributed by atoms with E-state index < -0.39 is 0 Å². The van der Waals surface area contributed by atoms with Crippen LogP contribution < -0.4 is 0 Å². The Balaban J connectivity index is 0.000000191. The van der Waals surface area contributed by atoms with Gasteiger partial charge >= 0.3 is 21.7 Å². The Hall–Kier alpha value is -3.45. The molecule has 0 bridgehead atoms. The van der Waals surface area contributed by atoms with Crippen LogP contribution in [0, 0.1) is 14.0 Å². The van der Waals surface area contributed by atoms with Gasteiger partial charge in [0.25, 0.3) is 0 Å². The molecule has 0 radical (unpaired) electrons. The molecule has 0 unspecified atom stereocenters. The van der Waals surface area contributed by atoms with Crippen LogP contribution in [0.2, 0.25) is 0 Å². The van der Waals surface area contributed by atoms with Gasteiger partial charge in [-0.2, -0.15) is 23.8 Å². The van der Waals surface area contributed by atoms with Crippen LogP contribution in [-0.2, 0) is 21.7 Å². The molecule has 0 aliphatic carbocycles. The number of rotatable bonds is 2. The van der Waals surface area contributed by atoms with E-state index >= 15 is 0 Å². The van der Waals surface area contributed by atoms with Gasteiger partial charge in [-0.05, 0) is 0 Å². The van der Waals surface area contributed by atoms with E-state index in [1.165, 1.54) is 21.5 Å². The van der Waals surface area contributed by atoms with Crippen LogP contribution >= 0.6 is 0 Å². The molecular weight excluding hydrogens is 444 g/mol. The van der Waals surface area contributed by atoms with E-state index in [0.717, 1.165) is 16.7 Å². The number of benzene rings is 4. The van der Waals surface area contributed by atoms with Crippen molar-refractivity contribution in [1.29, 1.82) is 0 Å². The molecule has 0 spiro atoms. The molecule has 6 aromatic rings. The van der Waals surface area contributed by atoms with Crippen molar-refractivity contribution in [3.8, 4) is 0 Å². The Labute approximate surface area is 218 Å². The van der Waals surface area contributed by atoms with E-state index in [2.05, 4.69) is 54.6 Å². The summed E-state index contributed by atoms with van der Waals surface area (Å²) in [5.41, 5.74) is 2.96. The van der Waals surface area contributed by atoms with E-state index in [9.17, 15) is 0 Å². The first kappa shape index (κ1) is 26.8. The number of hydrogen-bond donors (Lipinski definition) is 0. The zero-order valence-electron chi connectivity index (χ0n) is 19.4. The summed E-state index contributed by atoms with van der Waals surface area (Å²) in [6, 6.07) is 49.3. The average molecular weight is 472 g/mol. The summed E-state index contributed by atoms with van der Waals surface area (Å²) in [7, 11) is 0. The third-order valence-electron chi connectivity index (χ3n) is 5.25. The molecule has 0 saturated heterocycles. The van der Waals surface area contributed by atoms with Gasteiger partial charge < -0.3 is 7.43 Å². The SMILES string of the molecule is [CH-]=C(c1ccccc1)c1ccccc1.[CH3-].[Ti+4].c1cc[cH-]c1.c1ccc2c(c1)[cH-]c1ccccc12. The molecule has 0 aliphatic heterocycles. The average Bonchev–Trinajstić information content (AvgIpc) is 3.57. The minimum absolute atomic E-state index is 0. The smallest absolute Gasteiger partial charge is 0.358 e. The van der Waals surface area contributed by atoms with Gasteiger partial charge in [-0.15, -0.1) is 75.1 Å². The molecule has 6 rings (SSSR count). The van der Waals surface area contributed by atoms with Crippen molar-refractivity contribution in [2.45, 2.75) is 0 Å². The third kappa shape index (κ3) is 7.02. The van der Waals surface area contributed by atoms with Crippen molar-refractivity contribution >= 4 is 27.1 Å². The van der Waals surface area contributed by atoms with Crippen LogP contribution in [-0.4, -0.2) is 0 Å². The van der Waals surface area contributed by atoms with Gasteiger partial charge in [-0.25, -0.2) is 18.7 Å². The van der Waals surface area contributed by atoms with E-state index in [0.29, 0.717) is 0 Å². The molecule has 34 heavy (non-hydrogen) atoms. The molecule has 0 fully saturated rings. The molecule has 0 heterocycles. The minimum Gasteiger partial charge on any atom is -0.358 e. The molecule has 1 heteroatoms. The van der Waals surface area contributed by atoms with E-state index in [1.807, 2.05) is 91.0 Å². The largest absolute Gasteiger partial charge is 4.00 e. The standard InChI is InChI=1S/C14H11.C13H9.C5H5.CH3.Ti/c1-12(13-8-4-2-5-9-13)14-10-6-3-7-11-14;1-3-7-12-10(5-1)9-11-6-2-4-8-13(11)12;1-2-4-5-3-1;;/h1-11H;1-9H;1-5H;1H3;/q4*-1;+4. The molecule has 164 valence electrons. The summed E-state index contributed by atoms with van der Waals surface area (Å²) in [4.78, 5) is 0. The molecule has 0 aromatic heterocycles. The Morgan fingerprint density at radius 1 is 0.500 bits per heavy atom. The zero-order chi connectivity index (χ0) is 22.0. The van der Waals surface area contributed by atoms with Crippen LogP contribution in [0.4, 0.5) is 0 Å². The van der Waals surface area contributed by atoms with Crippen molar-refractivity contribution < 1.29 is 21.7 Å². The van der Waals surface area contributed by atoms with E-state index in [4.69, 9.17) is 6.58 Å². The summed E-state index contributed by atoms with van der Waals surface area (Å²) >= 11 is 0. The van der Waals surface area contributed by atoms with Crippen molar-refractivity contribution in [2.24, 2.45) is 0 Å². The van der Waals surface area contributed by atoms with Gasteiger partial charge in [0.2, 0.25) is 0 Å². The van der Waals surface area contributed by atoms with Crippen LogP contribution in [0.25, 0.3) is 27.1 Å². The molecule has 0 saturated carbocycles. The van der Waals surface area contributed by atoms with Crippen LogP contribution in [0.5, 0.6) is 0 Å². The second-order valence-corrected chi connectivity index (χ2v) is 7.43. The van der Waals surface area contributed by atoms with Crippen LogP contribution in [0.1, 0.15) is 11.1 Å². The molecule has 6 aromatic carbocycles. The molecule has 0 N–H and O–H groups in total. The summed E-state index contributed by atoms with van der Waals surface area (Å²) in [5, 5.41) is 5.39. The summed E-state index contributed by atoms with van der Waals surface area (Å²) in [5.74, 6) is 0.